The molecule has 0 aliphatic carbocycles. The van der Waals surface area contributed by atoms with Crippen LogP contribution in [0.25, 0.3) is 0 Å². The predicted octanol–water partition coefficient (Wildman–Crippen LogP) is 5.85. The average molecular weight is 598 g/mol. The van der Waals surface area contributed by atoms with Gasteiger partial charge in [0.2, 0.25) is 0 Å². The molecule has 4 aromatic rings. The highest BCUT2D eigenvalue weighted by Crippen LogP contribution is 2.30. The number of ether oxygens (including phenoxy) is 5. The Bertz CT molecular complexity index is 1560. The number of carbonyl (C=O) groups excluding carboxylic acids is 2. The molecule has 4 aromatic carbocycles. The summed E-state index contributed by atoms with van der Waals surface area (Å²) in [6.07, 6.45) is 1.49. The van der Waals surface area contributed by atoms with Gasteiger partial charge < -0.3 is 29.0 Å². The zero-order chi connectivity index (χ0) is 31.1. The predicted molar refractivity (Wildman–Crippen MR) is 168 cm³/mol. The Kier molecular flexibility index (Phi) is 11.6. The Balaban J connectivity index is 1.34. The monoisotopic (exact) mass is 597 g/mol. The molecule has 0 unspecified atom stereocenters. The van der Waals surface area contributed by atoms with Crippen molar-refractivity contribution >= 4 is 23.7 Å². The van der Waals surface area contributed by atoms with Crippen LogP contribution >= 0.6 is 0 Å². The van der Waals surface area contributed by atoms with Crippen molar-refractivity contribution in [2.45, 2.75) is 20.5 Å². The SMILES string of the molecule is CCOc1cc(/C=N/NC(=O)c2ccc(OCc3ccccc3)c(OCC)c2)ccc1OCC(=O)Nc1ccc(OC)cc1. The summed E-state index contributed by atoms with van der Waals surface area (Å²) in [5.41, 5.74) is 5.20. The first kappa shape index (κ1) is 31.4. The van der Waals surface area contributed by atoms with E-state index in [2.05, 4.69) is 15.8 Å². The van der Waals surface area contributed by atoms with Crippen molar-refractivity contribution in [3.05, 3.63) is 108 Å². The molecule has 0 saturated heterocycles. The first-order chi connectivity index (χ1) is 21.5. The number of nitrogens with one attached hydrogen (secondary N) is 2. The lowest BCUT2D eigenvalue weighted by atomic mass is 10.2. The molecule has 0 atom stereocenters. The van der Waals surface area contributed by atoms with Gasteiger partial charge in [-0.25, -0.2) is 5.43 Å². The number of hydrazone groups is 1. The normalized spacial score (nSPS) is 10.6. The second-order valence-electron chi connectivity index (χ2n) is 9.27. The molecule has 0 aromatic heterocycles. The minimum atomic E-state index is -0.412. The highest BCUT2D eigenvalue weighted by Gasteiger charge is 2.13. The van der Waals surface area contributed by atoms with Crippen LogP contribution in [-0.4, -0.2) is 45.0 Å². The fourth-order valence-electron chi connectivity index (χ4n) is 4.01. The lowest BCUT2D eigenvalue weighted by Crippen LogP contribution is -2.20. The van der Waals surface area contributed by atoms with Gasteiger partial charge in [0, 0.05) is 11.3 Å². The summed E-state index contributed by atoms with van der Waals surface area (Å²) in [7, 11) is 1.58. The summed E-state index contributed by atoms with van der Waals surface area (Å²) in [6.45, 7) is 4.67. The first-order valence-electron chi connectivity index (χ1n) is 14.1. The van der Waals surface area contributed by atoms with E-state index in [4.69, 9.17) is 23.7 Å². The van der Waals surface area contributed by atoms with Gasteiger partial charge in [-0.2, -0.15) is 5.10 Å². The summed E-state index contributed by atoms with van der Waals surface area (Å²) >= 11 is 0. The van der Waals surface area contributed by atoms with Crippen molar-refractivity contribution in [1.29, 1.82) is 0 Å². The molecule has 228 valence electrons. The summed E-state index contributed by atoms with van der Waals surface area (Å²) in [6, 6.07) is 26.9. The van der Waals surface area contributed by atoms with E-state index in [-0.39, 0.29) is 12.5 Å². The van der Waals surface area contributed by atoms with Crippen molar-refractivity contribution in [3.8, 4) is 28.7 Å². The van der Waals surface area contributed by atoms with Crippen LogP contribution in [0.2, 0.25) is 0 Å². The van der Waals surface area contributed by atoms with E-state index in [0.29, 0.717) is 65.4 Å². The molecule has 0 bridgehead atoms. The molecular formula is C34H35N3O7. The van der Waals surface area contributed by atoms with Gasteiger partial charge in [-0.05, 0) is 85.6 Å². The molecule has 4 rings (SSSR count). The number of nitrogens with zero attached hydrogens (tertiary/aromatic N) is 1. The molecule has 2 amide bonds. The average Bonchev–Trinajstić information content (AvgIpc) is 3.05. The number of hydrogen-bond acceptors (Lipinski definition) is 8. The van der Waals surface area contributed by atoms with Gasteiger partial charge in [0.05, 0.1) is 26.5 Å². The maximum absolute atomic E-state index is 12.8. The fourth-order valence-corrected chi connectivity index (χ4v) is 4.01. The van der Waals surface area contributed by atoms with E-state index >= 15 is 0 Å². The summed E-state index contributed by atoms with van der Waals surface area (Å²) in [5, 5.41) is 6.86. The minimum Gasteiger partial charge on any atom is -0.497 e. The molecule has 0 aliphatic heterocycles. The molecule has 0 heterocycles. The van der Waals surface area contributed by atoms with Gasteiger partial charge in [0.25, 0.3) is 11.8 Å². The van der Waals surface area contributed by atoms with E-state index in [0.717, 1.165) is 5.56 Å². The molecule has 10 nitrogen and oxygen atoms in total. The van der Waals surface area contributed by atoms with Crippen LogP contribution < -0.4 is 34.4 Å². The largest absolute Gasteiger partial charge is 0.497 e. The second-order valence-corrected chi connectivity index (χ2v) is 9.27. The van der Waals surface area contributed by atoms with Crippen LogP contribution in [0.15, 0.2) is 96.1 Å². The number of hydrogen-bond donors (Lipinski definition) is 2. The number of benzene rings is 4. The maximum atomic E-state index is 12.8. The molecule has 0 saturated carbocycles. The third kappa shape index (κ3) is 9.25. The molecule has 0 fully saturated rings. The zero-order valence-electron chi connectivity index (χ0n) is 24.9. The highest BCUT2D eigenvalue weighted by atomic mass is 16.5. The minimum absolute atomic E-state index is 0.213. The molecule has 10 heteroatoms. The number of rotatable bonds is 15. The zero-order valence-corrected chi connectivity index (χ0v) is 24.9. The number of amides is 2. The molecule has 0 spiro atoms. The Morgan fingerprint density at radius 2 is 1.43 bits per heavy atom. The van der Waals surface area contributed by atoms with Crippen molar-refractivity contribution in [2.24, 2.45) is 5.10 Å². The van der Waals surface area contributed by atoms with Gasteiger partial charge in [-0.15, -0.1) is 0 Å². The Hall–Kier alpha value is -5.51. The maximum Gasteiger partial charge on any atom is 0.271 e. The van der Waals surface area contributed by atoms with Gasteiger partial charge in [0.15, 0.2) is 29.6 Å². The summed E-state index contributed by atoms with van der Waals surface area (Å²) in [4.78, 5) is 25.2. The van der Waals surface area contributed by atoms with Gasteiger partial charge in [-0.1, -0.05) is 30.3 Å². The van der Waals surface area contributed by atoms with E-state index in [1.54, 1.807) is 67.8 Å². The van der Waals surface area contributed by atoms with Crippen LogP contribution in [0, 0.1) is 0 Å². The van der Waals surface area contributed by atoms with Crippen LogP contribution in [0.5, 0.6) is 28.7 Å². The van der Waals surface area contributed by atoms with Gasteiger partial charge in [-0.3, -0.25) is 9.59 Å². The second kappa shape index (κ2) is 16.2. The summed E-state index contributed by atoms with van der Waals surface area (Å²) < 4.78 is 28.2. The lowest BCUT2D eigenvalue weighted by molar-refractivity contribution is -0.118. The standard InChI is InChI=1S/C34H35N3O7/c1-4-41-31-19-25(11-17-29(31)44-23-33(38)36-27-13-15-28(40-3)16-14-27)21-35-37-34(39)26-12-18-30(32(20-26)42-5-2)43-22-24-9-7-6-8-10-24/h6-21H,4-5,22-23H2,1-3H3,(H,36,38)(H,37,39)/b35-21+. The van der Waals surface area contributed by atoms with Gasteiger partial charge in [0.1, 0.15) is 12.4 Å². The lowest BCUT2D eigenvalue weighted by Gasteiger charge is -2.13. The topological polar surface area (TPSA) is 117 Å². The van der Waals surface area contributed by atoms with Crippen molar-refractivity contribution in [3.63, 3.8) is 0 Å². The first-order valence-corrected chi connectivity index (χ1v) is 14.1. The molecule has 0 radical (unpaired) electrons. The molecule has 2 N–H and O–H groups in total. The van der Waals surface area contributed by atoms with Crippen molar-refractivity contribution < 1.29 is 33.3 Å². The molecule has 0 aliphatic rings. The fraction of sp³-hybridized carbons (Fsp3) is 0.206. The number of methoxy groups -OCH3 is 1. The third-order valence-electron chi connectivity index (χ3n) is 6.12. The number of carbonyl (C=O) groups is 2. The smallest absolute Gasteiger partial charge is 0.271 e. The van der Waals surface area contributed by atoms with Crippen LogP contribution in [0.3, 0.4) is 0 Å². The van der Waals surface area contributed by atoms with E-state index in [9.17, 15) is 9.59 Å². The van der Waals surface area contributed by atoms with Crippen molar-refractivity contribution in [2.75, 3.05) is 32.2 Å². The Labute approximate surface area is 256 Å². The van der Waals surface area contributed by atoms with E-state index in [1.165, 1.54) is 6.21 Å². The molecular weight excluding hydrogens is 562 g/mol. The van der Waals surface area contributed by atoms with E-state index < -0.39 is 5.91 Å². The molecule has 44 heavy (non-hydrogen) atoms. The summed E-state index contributed by atoms with van der Waals surface area (Å²) in [5.74, 6) is 1.80. The van der Waals surface area contributed by atoms with E-state index in [1.807, 2.05) is 44.2 Å². The highest BCUT2D eigenvalue weighted by molar-refractivity contribution is 5.95. The third-order valence-corrected chi connectivity index (χ3v) is 6.12. The van der Waals surface area contributed by atoms with Crippen LogP contribution in [0.4, 0.5) is 5.69 Å². The quantitative estimate of drug-likeness (QED) is 0.130. The van der Waals surface area contributed by atoms with Crippen LogP contribution in [-0.2, 0) is 11.4 Å². The Morgan fingerprint density at radius 1 is 0.750 bits per heavy atom. The number of anilines is 1. The van der Waals surface area contributed by atoms with Crippen molar-refractivity contribution in [1.82, 2.24) is 5.43 Å². The van der Waals surface area contributed by atoms with Gasteiger partial charge >= 0.3 is 0 Å². The van der Waals surface area contributed by atoms with Crippen LogP contribution in [0.1, 0.15) is 35.3 Å². The Morgan fingerprint density at radius 3 is 2.14 bits per heavy atom.